The van der Waals surface area contributed by atoms with E-state index in [1.54, 1.807) is 43.3 Å². The van der Waals surface area contributed by atoms with Crippen LogP contribution in [0.1, 0.15) is 16.3 Å². The van der Waals surface area contributed by atoms with Crippen molar-refractivity contribution < 1.29 is 13.9 Å². The number of carbonyl (C=O) groups is 1. The fraction of sp³-hybridized carbons (Fsp3) is 0.143. The lowest BCUT2D eigenvalue weighted by Gasteiger charge is -2.11. The highest BCUT2D eigenvalue weighted by molar-refractivity contribution is 7.80. The Morgan fingerprint density at radius 2 is 2.10 bits per heavy atom. The van der Waals surface area contributed by atoms with E-state index < -0.39 is 0 Å². The third-order valence-corrected chi connectivity index (χ3v) is 2.59. The molecule has 1 aromatic heterocycles. The first-order valence-electron chi connectivity index (χ1n) is 5.94. The minimum Gasteiger partial charge on any atom is -0.484 e. The van der Waals surface area contributed by atoms with Crippen molar-refractivity contribution in [2.24, 2.45) is 5.73 Å². The molecule has 0 fully saturated rings. The molecule has 5 nitrogen and oxygen atoms in total. The van der Waals surface area contributed by atoms with Gasteiger partial charge in [-0.15, -0.1) is 0 Å². The maximum atomic E-state index is 12.0. The van der Waals surface area contributed by atoms with Gasteiger partial charge in [0.25, 0.3) is 5.91 Å². The van der Waals surface area contributed by atoms with Gasteiger partial charge >= 0.3 is 0 Å². The number of para-hydroxylation sites is 2. The number of furan rings is 1. The first-order valence-corrected chi connectivity index (χ1v) is 6.35. The summed E-state index contributed by atoms with van der Waals surface area (Å²) in [5.74, 6) is 1.07. The number of nitrogens with two attached hydrogens (primary N) is 1. The number of ether oxygens (including phenoxy) is 1. The van der Waals surface area contributed by atoms with Crippen LogP contribution in [-0.4, -0.2) is 17.5 Å². The van der Waals surface area contributed by atoms with E-state index in [1.807, 2.05) is 0 Å². The monoisotopic (exact) mass is 290 g/mol. The first-order chi connectivity index (χ1) is 9.56. The van der Waals surface area contributed by atoms with Gasteiger partial charge in [-0.05, 0) is 31.2 Å². The van der Waals surface area contributed by atoms with E-state index in [2.05, 4.69) is 5.32 Å². The van der Waals surface area contributed by atoms with Crippen molar-refractivity contribution in [1.82, 2.24) is 0 Å². The van der Waals surface area contributed by atoms with Crippen molar-refractivity contribution in [1.29, 1.82) is 0 Å². The third-order valence-electron chi connectivity index (χ3n) is 2.47. The topological polar surface area (TPSA) is 77.5 Å². The Morgan fingerprint density at radius 1 is 1.35 bits per heavy atom. The fourth-order valence-corrected chi connectivity index (χ4v) is 1.64. The van der Waals surface area contributed by atoms with Crippen LogP contribution in [0.4, 0.5) is 5.69 Å². The highest BCUT2D eigenvalue weighted by Crippen LogP contribution is 2.24. The van der Waals surface area contributed by atoms with E-state index in [0.29, 0.717) is 17.2 Å². The van der Waals surface area contributed by atoms with Gasteiger partial charge in [-0.1, -0.05) is 24.4 Å². The molecule has 0 saturated heterocycles. The van der Waals surface area contributed by atoms with Gasteiger partial charge in [-0.25, -0.2) is 0 Å². The molecule has 0 atom stereocenters. The molecule has 20 heavy (non-hydrogen) atoms. The van der Waals surface area contributed by atoms with Gasteiger partial charge in [0.1, 0.15) is 23.1 Å². The van der Waals surface area contributed by atoms with Crippen LogP contribution < -0.4 is 15.8 Å². The highest BCUT2D eigenvalue weighted by atomic mass is 32.1. The molecule has 3 N–H and O–H groups in total. The Hall–Kier alpha value is -2.34. The zero-order valence-corrected chi connectivity index (χ0v) is 11.7. The standard InChI is InChI=1S/C14H14N2O3S/c1-9-6-7-12(19-9)14(17)16-10-4-2-3-5-11(10)18-8-13(15)20/h2-7H,8H2,1H3,(H2,15,20)(H,16,17). The number of hydrogen-bond donors (Lipinski definition) is 2. The molecule has 0 saturated carbocycles. The summed E-state index contributed by atoms with van der Waals surface area (Å²) in [5.41, 5.74) is 5.92. The molecule has 0 aliphatic carbocycles. The van der Waals surface area contributed by atoms with E-state index in [4.69, 9.17) is 27.1 Å². The molecule has 0 bridgehead atoms. The van der Waals surface area contributed by atoms with Crippen LogP contribution in [0.5, 0.6) is 5.75 Å². The Balaban J connectivity index is 2.12. The molecule has 6 heteroatoms. The van der Waals surface area contributed by atoms with E-state index in [0.717, 1.165) is 0 Å². The third kappa shape index (κ3) is 3.58. The van der Waals surface area contributed by atoms with Gasteiger partial charge in [0.05, 0.1) is 5.69 Å². The summed E-state index contributed by atoms with van der Waals surface area (Å²) in [6, 6.07) is 10.4. The Morgan fingerprint density at radius 3 is 2.75 bits per heavy atom. The number of carbonyl (C=O) groups excluding carboxylic acids is 1. The van der Waals surface area contributed by atoms with E-state index in [1.165, 1.54) is 0 Å². The van der Waals surface area contributed by atoms with E-state index >= 15 is 0 Å². The van der Waals surface area contributed by atoms with Crippen molar-refractivity contribution in [2.75, 3.05) is 11.9 Å². The van der Waals surface area contributed by atoms with Crippen LogP contribution in [0.3, 0.4) is 0 Å². The van der Waals surface area contributed by atoms with Crippen molar-refractivity contribution >= 4 is 28.8 Å². The summed E-state index contributed by atoms with van der Waals surface area (Å²) >= 11 is 4.76. The summed E-state index contributed by atoms with van der Waals surface area (Å²) in [7, 11) is 0. The van der Waals surface area contributed by atoms with Gasteiger partial charge < -0.3 is 20.2 Å². The molecule has 1 amide bonds. The van der Waals surface area contributed by atoms with Crippen molar-refractivity contribution in [3.8, 4) is 5.75 Å². The molecule has 104 valence electrons. The highest BCUT2D eigenvalue weighted by Gasteiger charge is 2.12. The Labute approximate surface area is 121 Å². The molecule has 0 radical (unpaired) electrons. The molecule has 0 aliphatic rings. The van der Waals surface area contributed by atoms with Gasteiger partial charge in [0.2, 0.25) is 0 Å². The van der Waals surface area contributed by atoms with Gasteiger partial charge in [0.15, 0.2) is 5.76 Å². The smallest absolute Gasteiger partial charge is 0.291 e. The maximum absolute atomic E-state index is 12.0. The number of rotatable bonds is 5. The largest absolute Gasteiger partial charge is 0.484 e. The normalized spacial score (nSPS) is 10.1. The van der Waals surface area contributed by atoms with E-state index in [-0.39, 0.29) is 23.3 Å². The second kappa shape index (κ2) is 6.21. The van der Waals surface area contributed by atoms with Gasteiger partial charge in [0, 0.05) is 0 Å². The molecular weight excluding hydrogens is 276 g/mol. The minimum atomic E-state index is -0.343. The molecule has 0 spiro atoms. The van der Waals surface area contributed by atoms with Crippen molar-refractivity contribution in [2.45, 2.75) is 6.92 Å². The number of nitrogens with one attached hydrogen (secondary N) is 1. The zero-order valence-electron chi connectivity index (χ0n) is 10.9. The van der Waals surface area contributed by atoms with Crippen LogP contribution in [-0.2, 0) is 0 Å². The van der Waals surface area contributed by atoms with Crippen LogP contribution in [0.2, 0.25) is 0 Å². The molecule has 0 unspecified atom stereocenters. The van der Waals surface area contributed by atoms with Gasteiger partial charge in [-0.3, -0.25) is 4.79 Å². The van der Waals surface area contributed by atoms with Crippen LogP contribution >= 0.6 is 12.2 Å². The minimum absolute atomic E-state index is 0.113. The lowest BCUT2D eigenvalue weighted by molar-refractivity contribution is 0.0995. The van der Waals surface area contributed by atoms with Crippen molar-refractivity contribution in [3.05, 3.63) is 47.9 Å². The Kier molecular flexibility index (Phi) is 4.37. The number of aryl methyl sites for hydroxylation is 1. The SMILES string of the molecule is Cc1ccc(C(=O)Nc2ccccc2OCC(N)=S)o1. The van der Waals surface area contributed by atoms with Crippen molar-refractivity contribution in [3.63, 3.8) is 0 Å². The maximum Gasteiger partial charge on any atom is 0.291 e. The molecular formula is C14H14N2O3S. The van der Waals surface area contributed by atoms with Crippen LogP contribution in [0.15, 0.2) is 40.8 Å². The quantitative estimate of drug-likeness (QED) is 0.827. The second-order valence-electron chi connectivity index (χ2n) is 4.12. The molecule has 1 aromatic carbocycles. The number of benzene rings is 1. The van der Waals surface area contributed by atoms with Crippen LogP contribution in [0.25, 0.3) is 0 Å². The summed E-state index contributed by atoms with van der Waals surface area (Å²) in [6.07, 6.45) is 0. The second-order valence-corrected chi connectivity index (χ2v) is 4.64. The van der Waals surface area contributed by atoms with Gasteiger partial charge in [-0.2, -0.15) is 0 Å². The summed E-state index contributed by atoms with van der Waals surface area (Å²) in [4.78, 5) is 12.3. The average Bonchev–Trinajstić information content (AvgIpc) is 2.84. The van der Waals surface area contributed by atoms with Crippen LogP contribution in [0, 0.1) is 6.92 Å². The molecule has 0 aliphatic heterocycles. The number of thiocarbonyl (C=S) groups is 1. The number of anilines is 1. The summed E-state index contributed by atoms with van der Waals surface area (Å²) < 4.78 is 10.7. The molecule has 2 rings (SSSR count). The predicted molar refractivity (Wildman–Crippen MR) is 80.1 cm³/mol. The molecule has 1 heterocycles. The zero-order chi connectivity index (χ0) is 14.5. The predicted octanol–water partition coefficient (Wildman–Crippen LogP) is 2.51. The molecule has 2 aromatic rings. The fourth-order valence-electron chi connectivity index (χ4n) is 1.59. The summed E-state index contributed by atoms with van der Waals surface area (Å²) in [6.45, 7) is 1.89. The lowest BCUT2D eigenvalue weighted by atomic mass is 10.3. The number of hydrogen-bond acceptors (Lipinski definition) is 4. The average molecular weight is 290 g/mol. The Bertz CT molecular complexity index is 637. The number of amides is 1. The lowest BCUT2D eigenvalue weighted by Crippen LogP contribution is -2.19. The van der Waals surface area contributed by atoms with E-state index in [9.17, 15) is 4.79 Å². The summed E-state index contributed by atoms with van der Waals surface area (Å²) in [5, 5.41) is 2.72. The first kappa shape index (κ1) is 14.1.